The van der Waals surface area contributed by atoms with Gasteiger partial charge < -0.3 is 0 Å². The van der Waals surface area contributed by atoms with Crippen LogP contribution in [0, 0.1) is 18.3 Å². The maximum absolute atomic E-state index is 2.45. The van der Waals surface area contributed by atoms with Crippen molar-refractivity contribution >= 4 is 0 Å². The standard InChI is InChI=1S/C12H23/c1-11(2)7-3-4-8-12-9-5-6-10-12/h7,11-12H,3-6,8-10H2,1-2H3. The Kier molecular flexibility index (Phi) is 4.72. The van der Waals surface area contributed by atoms with E-state index >= 15 is 0 Å². The summed E-state index contributed by atoms with van der Waals surface area (Å²) in [6.45, 7) is 4.55. The molecule has 0 nitrogen and oxygen atoms in total. The van der Waals surface area contributed by atoms with Crippen molar-refractivity contribution < 1.29 is 0 Å². The van der Waals surface area contributed by atoms with Gasteiger partial charge in [-0.1, -0.05) is 52.4 Å². The lowest BCUT2D eigenvalue weighted by Crippen LogP contribution is -1.94. The monoisotopic (exact) mass is 167 g/mol. The fraction of sp³-hybridized carbons (Fsp3) is 0.917. The quantitative estimate of drug-likeness (QED) is 0.538. The third-order valence-corrected chi connectivity index (χ3v) is 2.93. The van der Waals surface area contributed by atoms with Gasteiger partial charge in [-0.15, -0.1) is 0 Å². The van der Waals surface area contributed by atoms with E-state index in [0.717, 1.165) is 11.8 Å². The topological polar surface area (TPSA) is 0 Å². The Hall–Kier alpha value is 0. The minimum absolute atomic E-state index is 0.786. The molecule has 1 rings (SSSR count). The van der Waals surface area contributed by atoms with Crippen molar-refractivity contribution in [1.29, 1.82) is 0 Å². The molecule has 0 saturated heterocycles. The smallest absolute Gasteiger partial charge is 0.0360 e. The summed E-state index contributed by atoms with van der Waals surface area (Å²) >= 11 is 0. The van der Waals surface area contributed by atoms with Gasteiger partial charge >= 0.3 is 0 Å². The molecule has 1 aliphatic carbocycles. The second-order valence-corrected chi connectivity index (χ2v) is 4.56. The molecule has 1 aliphatic rings. The highest BCUT2D eigenvalue weighted by Crippen LogP contribution is 2.29. The summed E-state index contributed by atoms with van der Waals surface area (Å²) in [6.07, 6.45) is 12.7. The van der Waals surface area contributed by atoms with E-state index in [0.29, 0.717) is 0 Å². The van der Waals surface area contributed by atoms with Crippen molar-refractivity contribution in [2.24, 2.45) is 11.8 Å². The Balaban J connectivity index is 1.88. The summed E-state index contributed by atoms with van der Waals surface area (Å²) in [5.74, 6) is 1.87. The SMILES string of the molecule is CC(C)[CH]CCCC1CCCC1. The number of unbranched alkanes of at least 4 members (excludes halogenated alkanes) is 1. The first-order valence-electron chi connectivity index (χ1n) is 5.62. The molecule has 0 N–H and O–H groups in total. The van der Waals surface area contributed by atoms with Crippen LogP contribution in [-0.4, -0.2) is 0 Å². The number of rotatable bonds is 5. The van der Waals surface area contributed by atoms with Crippen LogP contribution in [0.15, 0.2) is 0 Å². The van der Waals surface area contributed by atoms with Crippen LogP contribution >= 0.6 is 0 Å². The predicted octanol–water partition coefficient (Wildman–Crippen LogP) is 4.21. The Morgan fingerprint density at radius 1 is 1.25 bits per heavy atom. The minimum Gasteiger partial charge on any atom is -0.0625 e. The van der Waals surface area contributed by atoms with E-state index in [9.17, 15) is 0 Å². The van der Waals surface area contributed by atoms with Crippen molar-refractivity contribution in [1.82, 2.24) is 0 Å². The molecule has 0 aliphatic heterocycles. The Morgan fingerprint density at radius 3 is 2.50 bits per heavy atom. The van der Waals surface area contributed by atoms with Crippen molar-refractivity contribution in [2.45, 2.75) is 58.8 Å². The molecular formula is C12H23. The largest absolute Gasteiger partial charge is 0.0625 e. The third-order valence-electron chi connectivity index (χ3n) is 2.93. The number of hydrogen-bond acceptors (Lipinski definition) is 0. The molecule has 1 saturated carbocycles. The lowest BCUT2D eigenvalue weighted by molar-refractivity contribution is 0.476. The maximum atomic E-state index is 2.45. The van der Waals surface area contributed by atoms with Gasteiger partial charge in [0, 0.05) is 0 Å². The first-order valence-corrected chi connectivity index (χ1v) is 5.62. The molecule has 71 valence electrons. The fourth-order valence-electron chi connectivity index (χ4n) is 2.16. The summed E-state index contributed by atoms with van der Waals surface area (Å²) in [6, 6.07) is 0. The van der Waals surface area contributed by atoms with Gasteiger partial charge in [0.05, 0.1) is 0 Å². The Bertz CT molecular complexity index is 98.6. The molecule has 0 heteroatoms. The highest BCUT2D eigenvalue weighted by molar-refractivity contribution is 4.72. The van der Waals surface area contributed by atoms with Crippen LogP contribution in [0.1, 0.15) is 58.8 Å². The summed E-state index contributed by atoms with van der Waals surface area (Å²) < 4.78 is 0. The summed E-state index contributed by atoms with van der Waals surface area (Å²) in [5, 5.41) is 0. The van der Waals surface area contributed by atoms with Gasteiger partial charge in [0.2, 0.25) is 0 Å². The van der Waals surface area contributed by atoms with Crippen LogP contribution in [0.2, 0.25) is 0 Å². The Morgan fingerprint density at radius 2 is 1.92 bits per heavy atom. The molecule has 0 aromatic rings. The third kappa shape index (κ3) is 4.13. The molecular weight excluding hydrogens is 144 g/mol. The Labute approximate surface area is 77.7 Å². The average Bonchev–Trinajstić information content (AvgIpc) is 2.49. The lowest BCUT2D eigenvalue weighted by Gasteiger charge is -2.08. The molecule has 0 aromatic carbocycles. The van der Waals surface area contributed by atoms with Gasteiger partial charge in [-0.3, -0.25) is 0 Å². The van der Waals surface area contributed by atoms with Gasteiger partial charge in [0.1, 0.15) is 0 Å². The highest BCUT2D eigenvalue weighted by atomic mass is 14.2. The molecule has 0 atom stereocenters. The van der Waals surface area contributed by atoms with Gasteiger partial charge in [0.15, 0.2) is 0 Å². The maximum Gasteiger partial charge on any atom is -0.0360 e. The van der Waals surface area contributed by atoms with Crippen LogP contribution in [0.4, 0.5) is 0 Å². The second-order valence-electron chi connectivity index (χ2n) is 4.56. The van der Waals surface area contributed by atoms with Crippen molar-refractivity contribution in [3.8, 4) is 0 Å². The molecule has 0 amide bonds. The van der Waals surface area contributed by atoms with Crippen LogP contribution in [0.5, 0.6) is 0 Å². The molecule has 0 aromatic heterocycles. The molecule has 12 heavy (non-hydrogen) atoms. The molecule has 0 spiro atoms. The zero-order valence-electron chi connectivity index (χ0n) is 8.68. The van der Waals surface area contributed by atoms with Gasteiger partial charge in [-0.05, 0) is 24.7 Å². The van der Waals surface area contributed by atoms with Crippen LogP contribution < -0.4 is 0 Å². The van der Waals surface area contributed by atoms with Crippen LogP contribution in [0.25, 0.3) is 0 Å². The predicted molar refractivity (Wildman–Crippen MR) is 54.9 cm³/mol. The summed E-state index contributed by atoms with van der Waals surface area (Å²) in [5.41, 5.74) is 0. The van der Waals surface area contributed by atoms with Crippen LogP contribution in [-0.2, 0) is 0 Å². The average molecular weight is 167 g/mol. The zero-order chi connectivity index (χ0) is 8.81. The minimum atomic E-state index is 0.786. The number of hydrogen-bond donors (Lipinski definition) is 0. The van der Waals surface area contributed by atoms with E-state index in [4.69, 9.17) is 0 Å². The zero-order valence-corrected chi connectivity index (χ0v) is 8.68. The van der Waals surface area contributed by atoms with E-state index < -0.39 is 0 Å². The highest BCUT2D eigenvalue weighted by Gasteiger charge is 2.13. The van der Waals surface area contributed by atoms with E-state index in [1.54, 1.807) is 0 Å². The van der Waals surface area contributed by atoms with Crippen molar-refractivity contribution in [3.05, 3.63) is 6.42 Å². The molecule has 1 fully saturated rings. The van der Waals surface area contributed by atoms with Gasteiger partial charge in [-0.2, -0.15) is 0 Å². The van der Waals surface area contributed by atoms with Crippen molar-refractivity contribution in [2.75, 3.05) is 0 Å². The molecule has 0 bridgehead atoms. The van der Waals surface area contributed by atoms with E-state index in [1.165, 1.54) is 44.9 Å². The fourth-order valence-corrected chi connectivity index (χ4v) is 2.16. The van der Waals surface area contributed by atoms with Crippen LogP contribution in [0.3, 0.4) is 0 Å². The second kappa shape index (κ2) is 5.61. The molecule has 0 heterocycles. The first kappa shape index (κ1) is 10.1. The normalized spacial score (nSPS) is 19.2. The van der Waals surface area contributed by atoms with Gasteiger partial charge in [-0.25, -0.2) is 0 Å². The lowest BCUT2D eigenvalue weighted by atomic mass is 9.98. The first-order chi connectivity index (χ1) is 5.79. The van der Waals surface area contributed by atoms with Crippen molar-refractivity contribution in [3.63, 3.8) is 0 Å². The van der Waals surface area contributed by atoms with Gasteiger partial charge in [0.25, 0.3) is 0 Å². The summed E-state index contributed by atoms with van der Waals surface area (Å²) in [7, 11) is 0. The van der Waals surface area contributed by atoms with E-state index in [1.807, 2.05) is 0 Å². The molecule has 1 radical (unpaired) electrons. The molecule has 0 unspecified atom stereocenters. The summed E-state index contributed by atoms with van der Waals surface area (Å²) in [4.78, 5) is 0. The van der Waals surface area contributed by atoms with E-state index in [-0.39, 0.29) is 0 Å². The van der Waals surface area contributed by atoms with E-state index in [2.05, 4.69) is 20.3 Å².